The molecule has 1 aliphatic carbocycles. The number of sulfone groups is 1. The predicted molar refractivity (Wildman–Crippen MR) is 140 cm³/mol. The number of piperidine rings is 2. The van der Waals surface area contributed by atoms with Gasteiger partial charge in [0, 0.05) is 24.4 Å². The average molecular weight is 511 g/mol. The third-order valence-electron chi connectivity index (χ3n) is 8.43. The van der Waals surface area contributed by atoms with Gasteiger partial charge in [-0.3, -0.25) is 0 Å². The maximum absolute atomic E-state index is 15.6. The number of nitrogens with one attached hydrogen (secondary N) is 1. The molecule has 0 atom stereocenters. The second-order valence-corrected chi connectivity index (χ2v) is 13.0. The van der Waals surface area contributed by atoms with Crippen molar-refractivity contribution in [3.63, 3.8) is 0 Å². The molecule has 1 N–H and O–H groups in total. The van der Waals surface area contributed by atoms with Gasteiger partial charge in [0.25, 0.3) is 0 Å². The zero-order chi connectivity index (χ0) is 24.9. The summed E-state index contributed by atoms with van der Waals surface area (Å²) in [6, 6.07) is 11.1. The molecule has 0 radical (unpaired) electrons. The van der Waals surface area contributed by atoms with Crippen molar-refractivity contribution in [3.05, 3.63) is 47.8 Å². The van der Waals surface area contributed by atoms with E-state index in [-0.39, 0.29) is 16.6 Å². The van der Waals surface area contributed by atoms with Gasteiger partial charge in [-0.05, 0) is 112 Å². The minimum absolute atomic E-state index is 0.217. The molecule has 1 aromatic heterocycles. The highest BCUT2D eigenvalue weighted by molar-refractivity contribution is 7.90. The van der Waals surface area contributed by atoms with E-state index in [0.717, 1.165) is 43.0 Å². The molecule has 1 saturated carbocycles. The predicted octanol–water partition coefficient (Wildman–Crippen LogP) is 4.83. The summed E-state index contributed by atoms with van der Waals surface area (Å²) in [5.41, 5.74) is 2.52. The van der Waals surface area contributed by atoms with Crippen LogP contribution in [0.4, 0.5) is 4.39 Å². The van der Waals surface area contributed by atoms with Crippen molar-refractivity contribution < 1.29 is 12.8 Å². The maximum atomic E-state index is 15.6. The van der Waals surface area contributed by atoms with Crippen LogP contribution in [0.5, 0.6) is 0 Å². The molecular formula is C28H35FN4O2S. The van der Waals surface area contributed by atoms with Crippen LogP contribution in [0.25, 0.3) is 22.4 Å². The molecule has 8 heteroatoms. The van der Waals surface area contributed by atoms with Crippen LogP contribution in [0.3, 0.4) is 0 Å². The first-order valence-corrected chi connectivity index (χ1v) is 15.2. The molecule has 6 rings (SSSR count). The lowest BCUT2D eigenvalue weighted by Crippen LogP contribution is -2.47. The zero-order valence-electron chi connectivity index (χ0n) is 20.9. The molecule has 2 saturated heterocycles. The number of hydrogen-bond acceptors (Lipinski definition) is 5. The molecule has 0 amide bonds. The Bertz CT molecular complexity index is 1330. The Kier molecular flexibility index (Phi) is 6.38. The highest BCUT2D eigenvalue weighted by Gasteiger charge is 2.32. The lowest BCUT2D eigenvalue weighted by Gasteiger charge is -2.42. The minimum atomic E-state index is -3.26. The molecule has 0 bridgehead atoms. The molecule has 0 unspecified atom stereocenters. The van der Waals surface area contributed by atoms with Crippen LogP contribution in [-0.4, -0.2) is 73.2 Å². The Hall–Kier alpha value is -2.29. The first-order valence-electron chi connectivity index (χ1n) is 13.3. The molecule has 3 heterocycles. The van der Waals surface area contributed by atoms with Crippen LogP contribution in [0.1, 0.15) is 50.0 Å². The van der Waals surface area contributed by atoms with Gasteiger partial charge in [-0.2, -0.15) is 0 Å². The number of fused-ring (bicyclic) bond motifs is 1. The van der Waals surface area contributed by atoms with Gasteiger partial charge < -0.3 is 14.8 Å². The maximum Gasteiger partial charge on any atom is 0.175 e. The van der Waals surface area contributed by atoms with E-state index in [1.165, 1.54) is 51.6 Å². The number of imidazole rings is 1. The minimum Gasteiger partial charge on any atom is -0.338 e. The molecule has 3 fully saturated rings. The van der Waals surface area contributed by atoms with Crippen LogP contribution in [0.2, 0.25) is 0 Å². The van der Waals surface area contributed by atoms with Crippen molar-refractivity contribution in [2.24, 2.45) is 5.92 Å². The van der Waals surface area contributed by atoms with Gasteiger partial charge in [-0.1, -0.05) is 6.07 Å². The summed E-state index contributed by atoms with van der Waals surface area (Å²) >= 11 is 0. The van der Waals surface area contributed by atoms with E-state index in [0.29, 0.717) is 22.9 Å². The van der Waals surface area contributed by atoms with Gasteiger partial charge in [0.1, 0.15) is 11.3 Å². The van der Waals surface area contributed by atoms with Gasteiger partial charge in [0.2, 0.25) is 0 Å². The second-order valence-electron chi connectivity index (χ2n) is 11.0. The summed E-state index contributed by atoms with van der Waals surface area (Å²) < 4.78 is 39.1. The van der Waals surface area contributed by atoms with E-state index in [1.807, 2.05) is 12.1 Å². The highest BCUT2D eigenvalue weighted by Crippen LogP contribution is 2.35. The van der Waals surface area contributed by atoms with Gasteiger partial charge in [-0.25, -0.2) is 17.8 Å². The summed E-state index contributed by atoms with van der Waals surface area (Å²) in [6.45, 7) is 5.83. The quantitative estimate of drug-likeness (QED) is 0.515. The van der Waals surface area contributed by atoms with E-state index >= 15 is 4.39 Å². The van der Waals surface area contributed by atoms with E-state index in [1.54, 1.807) is 24.3 Å². The molecule has 192 valence electrons. The number of likely N-dealkylation sites (tertiary alicyclic amines) is 2. The van der Waals surface area contributed by atoms with Gasteiger partial charge >= 0.3 is 0 Å². The van der Waals surface area contributed by atoms with E-state index in [9.17, 15) is 8.42 Å². The SMILES string of the molecule is CS(=O)(=O)c1ccc(-c2nc3c(F)c(C4CCN(C5CCN(CC6CC6)CC5)CC4)ccc3[nH]2)cc1. The van der Waals surface area contributed by atoms with Gasteiger partial charge in [0.05, 0.1) is 10.4 Å². The topological polar surface area (TPSA) is 69.3 Å². The Labute approximate surface area is 212 Å². The molecular weight excluding hydrogens is 475 g/mol. The fraction of sp³-hybridized carbons (Fsp3) is 0.536. The Morgan fingerprint density at radius 1 is 0.944 bits per heavy atom. The lowest BCUT2D eigenvalue weighted by molar-refractivity contribution is 0.0852. The van der Waals surface area contributed by atoms with Crippen molar-refractivity contribution in [2.75, 3.05) is 39.0 Å². The van der Waals surface area contributed by atoms with Crippen LogP contribution in [0.15, 0.2) is 41.3 Å². The molecule has 2 aliphatic heterocycles. The number of aromatic amines is 1. The number of halogens is 1. The number of rotatable bonds is 6. The van der Waals surface area contributed by atoms with Crippen molar-refractivity contribution in [1.29, 1.82) is 0 Å². The fourth-order valence-corrected chi connectivity index (χ4v) is 6.71. The molecule has 3 aliphatic rings. The summed E-state index contributed by atoms with van der Waals surface area (Å²) in [7, 11) is -3.26. The van der Waals surface area contributed by atoms with E-state index in [4.69, 9.17) is 0 Å². The van der Waals surface area contributed by atoms with Crippen molar-refractivity contribution >= 4 is 20.9 Å². The molecule has 36 heavy (non-hydrogen) atoms. The summed E-state index contributed by atoms with van der Waals surface area (Å²) in [5.74, 6) is 1.50. The number of benzene rings is 2. The fourth-order valence-electron chi connectivity index (χ4n) is 6.08. The third-order valence-corrected chi connectivity index (χ3v) is 9.56. The average Bonchev–Trinajstić information content (AvgIpc) is 3.58. The lowest BCUT2D eigenvalue weighted by atomic mass is 9.87. The van der Waals surface area contributed by atoms with Crippen LogP contribution >= 0.6 is 0 Å². The first-order chi connectivity index (χ1) is 17.3. The van der Waals surface area contributed by atoms with Crippen LogP contribution in [-0.2, 0) is 9.84 Å². The van der Waals surface area contributed by atoms with Gasteiger partial charge in [0.15, 0.2) is 15.7 Å². The zero-order valence-corrected chi connectivity index (χ0v) is 21.7. The van der Waals surface area contributed by atoms with Crippen LogP contribution in [0, 0.1) is 11.7 Å². The molecule has 3 aromatic rings. The monoisotopic (exact) mass is 510 g/mol. The summed E-state index contributed by atoms with van der Waals surface area (Å²) in [6.07, 6.45) is 8.52. The molecule has 2 aromatic carbocycles. The highest BCUT2D eigenvalue weighted by atomic mass is 32.2. The number of aromatic nitrogens is 2. The normalized spacial score (nSPS) is 21.4. The Morgan fingerprint density at radius 2 is 1.64 bits per heavy atom. The second kappa shape index (κ2) is 9.54. The Morgan fingerprint density at radius 3 is 2.28 bits per heavy atom. The number of nitrogens with zero attached hydrogens (tertiary/aromatic N) is 3. The van der Waals surface area contributed by atoms with Crippen molar-refractivity contribution in [2.45, 2.75) is 55.4 Å². The van der Waals surface area contributed by atoms with Crippen molar-refractivity contribution in [1.82, 2.24) is 19.8 Å². The standard InChI is InChI=1S/C28H35FN4O2S/c1-36(34,35)23-6-4-21(5-7-23)28-30-25-9-8-24(26(29)27(25)31-28)20-10-16-33(17-11-20)22-12-14-32(15-13-22)18-19-2-3-19/h4-9,19-20,22H,2-3,10-18H2,1H3,(H,30,31). The van der Waals surface area contributed by atoms with Crippen LogP contribution < -0.4 is 0 Å². The summed E-state index contributed by atoms with van der Waals surface area (Å²) in [5, 5.41) is 0. The van der Waals surface area contributed by atoms with Gasteiger partial charge in [-0.15, -0.1) is 0 Å². The Balaban J connectivity index is 1.12. The van der Waals surface area contributed by atoms with E-state index in [2.05, 4.69) is 19.8 Å². The third kappa shape index (κ3) is 4.95. The number of H-pyrrole nitrogens is 1. The van der Waals surface area contributed by atoms with E-state index < -0.39 is 9.84 Å². The smallest absolute Gasteiger partial charge is 0.175 e. The largest absolute Gasteiger partial charge is 0.338 e. The first kappa shape index (κ1) is 24.1. The molecule has 0 spiro atoms. The van der Waals surface area contributed by atoms with Crippen molar-refractivity contribution in [3.8, 4) is 11.4 Å². The summed E-state index contributed by atoms with van der Waals surface area (Å²) in [4.78, 5) is 13.3. The molecule has 6 nitrogen and oxygen atoms in total. The number of hydrogen-bond donors (Lipinski definition) is 1.